The summed E-state index contributed by atoms with van der Waals surface area (Å²) in [6.07, 6.45) is 0.753. The molecule has 0 aliphatic carbocycles. The normalized spacial score (nSPS) is 11.3. The molecule has 0 aliphatic rings. The lowest BCUT2D eigenvalue weighted by molar-refractivity contribution is 0.0939. The number of benzene rings is 4. The van der Waals surface area contributed by atoms with Crippen molar-refractivity contribution < 1.29 is 14.3 Å². The number of carbonyl (C=O) groups excluding carboxylic acids is 2. The zero-order valence-electron chi connectivity index (χ0n) is 19.6. The van der Waals surface area contributed by atoms with Crippen molar-refractivity contribution in [3.8, 4) is 5.75 Å². The molecule has 4 aromatic rings. The minimum Gasteiger partial charge on any atom is -0.492 e. The van der Waals surface area contributed by atoms with Crippen LogP contribution in [0.15, 0.2) is 109 Å². The highest BCUT2D eigenvalue weighted by molar-refractivity contribution is 6.06. The highest BCUT2D eigenvalue weighted by atomic mass is 16.5. The van der Waals surface area contributed by atoms with Crippen LogP contribution in [0.5, 0.6) is 5.75 Å². The van der Waals surface area contributed by atoms with E-state index in [0.29, 0.717) is 29.2 Å². The first-order valence-electron chi connectivity index (χ1n) is 11.6. The summed E-state index contributed by atoms with van der Waals surface area (Å²) in [5, 5.41) is 5.88. The monoisotopic (exact) mass is 464 g/mol. The molecule has 0 saturated heterocycles. The second-order valence-electron chi connectivity index (χ2n) is 8.22. The fourth-order valence-corrected chi connectivity index (χ4v) is 3.71. The van der Waals surface area contributed by atoms with Crippen molar-refractivity contribution in [2.75, 3.05) is 11.9 Å². The lowest BCUT2D eigenvalue weighted by atomic mass is 10.1. The van der Waals surface area contributed by atoms with Crippen molar-refractivity contribution in [1.82, 2.24) is 5.32 Å². The van der Waals surface area contributed by atoms with Gasteiger partial charge in [0.15, 0.2) is 0 Å². The van der Waals surface area contributed by atoms with Gasteiger partial charge in [0.05, 0.1) is 18.2 Å². The number of rotatable bonds is 9. The lowest BCUT2D eigenvalue weighted by Gasteiger charge is -2.15. The number of anilines is 1. The van der Waals surface area contributed by atoms with Gasteiger partial charge in [-0.25, -0.2) is 0 Å². The van der Waals surface area contributed by atoms with E-state index in [1.165, 1.54) is 5.56 Å². The molecule has 35 heavy (non-hydrogen) atoms. The summed E-state index contributed by atoms with van der Waals surface area (Å²) in [4.78, 5) is 25.5. The first-order valence-corrected chi connectivity index (χ1v) is 11.6. The molecule has 1 unspecified atom stereocenters. The van der Waals surface area contributed by atoms with E-state index >= 15 is 0 Å². The molecule has 5 nitrogen and oxygen atoms in total. The highest BCUT2D eigenvalue weighted by Crippen LogP contribution is 2.21. The first kappa shape index (κ1) is 23.8. The Bertz CT molecular complexity index is 1260. The highest BCUT2D eigenvalue weighted by Gasteiger charge is 2.14. The second-order valence-corrected chi connectivity index (χ2v) is 8.22. The third-order valence-electron chi connectivity index (χ3n) is 5.67. The van der Waals surface area contributed by atoms with Crippen LogP contribution >= 0.6 is 0 Å². The SMILES string of the molecule is CC(NC(=O)c1ccc(NC(=O)c2ccccc2OCCc2ccccc2)cc1)c1ccccc1. The van der Waals surface area contributed by atoms with Crippen molar-refractivity contribution in [1.29, 1.82) is 0 Å². The van der Waals surface area contributed by atoms with Crippen LogP contribution in [0, 0.1) is 0 Å². The molecule has 0 saturated carbocycles. The number of hydrogen-bond donors (Lipinski definition) is 2. The third kappa shape index (κ3) is 6.58. The maximum Gasteiger partial charge on any atom is 0.259 e. The average molecular weight is 465 g/mol. The summed E-state index contributed by atoms with van der Waals surface area (Å²) >= 11 is 0. The van der Waals surface area contributed by atoms with Crippen molar-refractivity contribution in [2.45, 2.75) is 19.4 Å². The van der Waals surface area contributed by atoms with E-state index in [9.17, 15) is 9.59 Å². The number of nitrogens with one attached hydrogen (secondary N) is 2. The van der Waals surface area contributed by atoms with Gasteiger partial charge in [-0.05, 0) is 54.4 Å². The maximum absolute atomic E-state index is 12.9. The Morgan fingerprint density at radius 3 is 2.09 bits per heavy atom. The molecule has 0 spiro atoms. The van der Waals surface area contributed by atoms with E-state index in [4.69, 9.17) is 4.74 Å². The maximum atomic E-state index is 12.9. The van der Waals surface area contributed by atoms with Crippen LogP contribution in [0.2, 0.25) is 0 Å². The van der Waals surface area contributed by atoms with E-state index < -0.39 is 0 Å². The van der Waals surface area contributed by atoms with E-state index in [-0.39, 0.29) is 17.9 Å². The van der Waals surface area contributed by atoms with Gasteiger partial charge in [-0.1, -0.05) is 72.8 Å². The van der Waals surface area contributed by atoms with E-state index in [0.717, 1.165) is 12.0 Å². The molecule has 4 aromatic carbocycles. The van der Waals surface area contributed by atoms with Gasteiger partial charge in [-0.2, -0.15) is 0 Å². The Morgan fingerprint density at radius 1 is 0.743 bits per heavy atom. The first-order chi connectivity index (χ1) is 17.1. The Hall–Kier alpha value is -4.38. The fraction of sp³-hybridized carbons (Fsp3) is 0.133. The molecule has 0 aliphatic heterocycles. The third-order valence-corrected chi connectivity index (χ3v) is 5.67. The summed E-state index contributed by atoms with van der Waals surface area (Å²) in [6.45, 7) is 2.42. The van der Waals surface area contributed by atoms with Crippen molar-refractivity contribution in [3.05, 3.63) is 131 Å². The number of amides is 2. The predicted molar refractivity (Wildman–Crippen MR) is 139 cm³/mol. The van der Waals surface area contributed by atoms with Crippen LogP contribution in [0.25, 0.3) is 0 Å². The minimum atomic E-state index is -0.268. The van der Waals surface area contributed by atoms with Crippen LogP contribution in [0.4, 0.5) is 5.69 Å². The summed E-state index contributed by atoms with van der Waals surface area (Å²) in [5.41, 5.74) is 3.79. The van der Waals surface area contributed by atoms with E-state index in [2.05, 4.69) is 10.6 Å². The van der Waals surface area contributed by atoms with Gasteiger partial charge < -0.3 is 15.4 Å². The molecule has 0 heterocycles. The Labute approximate surface area is 205 Å². The van der Waals surface area contributed by atoms with Crippen molar-refractivity contribution >= 4 is 17.5 Å². The molecular formula is C30H28N2O3. The van der Waals surface area contributed by atoms with E-state index in [1.807, 2.05) is 73.7 Å². The van der Waals surface area contributed by atoms with Gasteiger partial charge in [-0.15, -0.1) is 0 Å². The van der Waals surface area contributed by atoms with Gasteiger partial charge in [0.2, 0.25) is 0 Å². The largest absolute Gasteiger partial charge is 0.492 e. The summed E-state index contributed by atoms with van der Waals surface area (Å²) < 4.78 is 5.91. The summed E-state index contributed by atoms with van der Waals surface area (Å²) in [5.74, 6) is 0.0958. The Morgan fingerprint density at radius 2 is 1.37 bits per heavy atom. The van der Waals surface area contributed by atoms with Crippen molar-refractivity contribution in [2.24, 2.45) is 0 Å². The van der Waals surface area contributed by atoms with Gasteiger partial charge in [0, 0.05) is 17.7 Å². The van der Waals surface area contributed by atoms with E-state index in [1.54, 1.807) is 42.5 Å². The van der Waals surface area contributed by atoms with Gasteiger partial charge in [0.25, 0.3) is 11.8 Å². The number of ether oxygens (including phenoxy) is 1. The molecular weight excluding hydrogens is 436 g/mol. The zero-order chi connectivity index (χ0) is 24.5. The molecule has 5 heteroatoms. The molecule has 2 N–H and O–H groups in total. The lowest BCUT2D eigenvalue weighted by Crippen LogP contribution is -2.26. The zero-order valence-corrected chi connectivity index (χ0v) is 19.6. The standard InChI is InChI=1S/C30H28N2O3/c1-22(24-12-6-3-7-13-24)31-29(33)25-16-18-26(19-17-25)32-30(34)27-14-8-9-15-28(27)35-21-20-23-10-4-2-5-11-23/h2-19,22H,20-21H2,1H3,(H,31,33)(H,32,34). The quantitative estimate of drug-likeness (QED) is 0.317. The topological polar surface area (TPSA) is 67.4 Å². The molecule has 0 radical (unpaired) electrons. The molecule has 0 bridgehead atoms. The summed E-state index contributed by atoms with van der Waals surface area (Å²) in [7, 11) is 0. The van der Waals surface area contributed by atoms with Crippen LogP contribution in [-0.2, 0) is 6.42 Å². The van der Waals surface area contributed by atoms with Crippen LogP contribution in [0.1, 0.15) is 44.8 Å². The van der Waals surface area contributed by atoms with Gasteiger partial charge >= 0.3 is 0 Å². The average Bonchev–Trinajstić information content (AvgIpc) is 2.90. The van der Waals surface area contributed by atoms with Gasteiger partial charge in [-0.3, -0.25) is 9.59 Å². The molecule has 1 atom stereocenters. The molecule has 4 rings (SSSR count). The molecule has 176 valence electrons. The summed E-state index contributed by atoms with van der Waals surface area (Å²) in [6, 6.07) is 33.8. The second kappa shape index (κ2) is 11.7. The fourth-order valence-electron chi connectivity index (χ4n) is 3.71. The Kier molecular flexibility index (Phi) is 7.92. The molecule has 2 amide bonds. The van der Waals surface area contributed by atoms with Crippen LogP contribution < -0.4 is 15.4 Å². The Balaban J connectivity index is 1.35. The van der Waals surface area contributed by atoms with Crippen LogP contribution in [0.3, 0.4) is 0 Å². The van der Waals surface area contributed by atoms with Crippen LogP contribution in [-0.4, -0.2) is 18.4 Å². The van der Waals surface area contributed by atoms with Crippen molar-refractivity contribution in [3.63, 3.8) is 0 Å². The molecule has 0 aromatic heterocycles. The predicted octanol–water partition coefficient (Wildman–Crippen LogP) is 6.05. The number of hydrogen-bond acceptors (Lipinski definition) is 3. The number of para-hydroxylation sites is 1. The molecule has 0 fully saturated rings. The number of carbonyl (C=O) groups is 2. The van der Waals surface area contributed by atoms with Gasteiger partial charge in [0.1, 0.15) is 5.75 Å². The minimum absolute atomic E-state index is 0.110. The smallest absolute Gasteiger partial charge is 0.259 e.